The summed E-state index contributed by atoms with van der Waals surface area (Å²) in [7, 11) is 0. The highest BCUT2D eigenvalue weighted by Gasteiger charge is 2.08. The Balaban J connectivity index is 2.39. The summed E-state index contributed by atoms with van der Waals surface area (Å²) in [6.07, 6.45) is 0. The standard InChI is InChI=1S/C14H8ClFN4/c15-11-4-14(13(19)5-12(11)16)20-10-2-1-8(6-17)9(3-10)7-18/h1-5,20H,19H2. The lowest BCUT2D eigenvalue weighted by atomic mass is 10.1. The second-order valence-electron chi connectivity index (χ2n) is 3.96. The van der Waals surface area contributed by atoms with Crippen LogP contribution in [0.15, 0.2) is 30.3 Å². The van der Waals surface area contributed by atoms with Gasteiger partial charge in [0.1, 0.15) is 18.0 Å². The van der Waals surface area contributed by atoms with E-state index >= 15 is 0 Å². The van der Waals surface area contributed by atoms with Crippen LogP contribution in [0.3, 0.4) is 0 Å². The zero-order chi connectivity index (χ0) is 14.7. The highest BCUT2D eigenvalue weighted by Crippen LogP contribution is 2.29. The topological polar surface area (TPSA) is 85.6 Å². The number of nitrogens with two attached hydrogens (primary N) is 1. The summed E-state index contributed by atoms with van der Waals surface area (Å²) in [5.74, 6) is -0.604. The van der Waals surface area contributed by atoms with Gasteiger partial charge in [-0.25, -0.2) is 4.39 Å². The van der Waals surface area contributed by atoms with Crippen LogP contribution in [0, 0.1) is 28.5 Å². The molecule has 20 heavy (non-hydrogen) atoms. The quantitative estimate of drug-likeness (QED) is 0.827. The van der Waals surface area contributed by atoms with Crippen LogP contribution >= 0.6 is 11.6 Å². The van der Waals surface area contributed by atoms with Crippen LogP contribution in [0.1, 0.15) is 11.1 Å². The van der Waals surface area contributed by atoms with Gasteiger partial charge in [0.25, 0.3) is 0 Å². The van der Waals surface area contributed by atoms with Gasteiger partial charge in [0, 0.05) is 11.8 Å². The lowest BCUT2D eigenvalue weighted by Gasteiger charge is -2.11. The number of hydrogen-bond acceptors (Lipinski definition) is 4. The van der Waals surface area contributed by atoms with Crippen LogP contribution < -0.4 is 11.1 Å². The Labute approximate surface area is 119 Å². The van der Waals surface area contributed by atoms with Crippen LogP contribution in [0.4, 0.5) is 21.5 Å². The largest absolute Gasteiger partial charge is 0.397 e. The fraction of sp³-hybridized carbons (Fsp3) is 0. The van der Waals surface area contributed by atoms with Gasteiger partial charge in [-0.3, -0.25) is 0 Å². The summed E-state index contributed by atoms with van der Waals surface area (Å²) in [5.41, 5.74) is 7.37. The molecule has 4 nitrogen and oxygen atoms in total. The molecule has 0 atom stereocenters. The lowest BCUT2D eigenvalue weighted by molar-refractivity contribution is 0.629. The van der Waals surface area contributed by atoms with E-state index in [2.05, 4.69) is 5.32 Å². The molecule has 0 aliphatic carbocycles. The zero-order valence-corrected chi connectivity index (χ0v) is 10.9. The van der Waals surface area contributed by atoms with Gasteiger partial charge in [0.2, 0.25) is 0 Å². The Morgan fingerprint density at radius 3 is 2.45 bits per heavy atom. The number of anilines is 3. The summed E-state index contributed by atoms with van der Waals surface area (Å²) in [5, 5.41) is 20.7. The summed E-state index contributed by atoms with van der Waals surface area (Å²) in [6, 6.07) is 11.0. The molecule has 0 unspecified atom stereocenters. The smallest absolute Gasteiger partial charge is 0.143 e. The van der Waals surface area contributed by atoms with Crippen molar-refractivity contribution in [3.8, 4) is 12.1 Å². The number of benzene rings is 2. The van der Waals surface area contributed by atoms with Crippen LogP contribution in [-0.2, 0) is 0 Å². The van der Waals surface area contributed by atoms with Crippen molar-refractivity contribution >= 4 is 28.7 Å². The fourth-order valence-electron chi connectivity index (χ4n) is 1.64. The second kappa shape index (κ2) is 5.48. The minimum Gasteiger partial charge on any atom is -0.397 e. The van der Waals surface area contributed by atoms with E-state index in [-0.39, 0.29) is 21.8 Å². The number of rotatable bonds is 2. The molecule has 0 bridgehead atoms. The maximum absolute atomic E-state index is 13.2. The van der Waals surface area contributed by atoms with Crippen molar-refractivity contribution in [3.05, 3.63) is 52.3 Å². The monoisotopic (exact) mass is 286 g/mol. The Bertz CT molecular complexity index is 759. The normalized spacial score (nSPS) is 9.60. The van der Waals surface area contributed by atoms with Crippen LogP contribution in [-0.4, -0.2) is 0 Å². The molecule has 3 N–H and O–H groups in total. The summed E-state index contributed by atoms with van der Waals surface area (Å²) >= 11 is 5.69. The van der Waals surface area contributed by atoms with E-state index in [4.69, 9.17) is 27.9 Å². The van der Waals surface area contributed by atoms with Crippen LogP contribution in [0.5, 0.6) is 0 Å². The Hall–Kier alpha value is -2.76. The molecule has 0 saturated heterocycles. The Kier molecular flexibility index (Phi) is 3.74. The van der Waals surface area contributed by atoms with E-state index in [1.165, 1.54) is 18.2 Å². The third-order valence-electron chi connectivity index (χ3n) is 2.63. The van der Waals surface area contributed by atoms with Crippen molar-refractivity contribution in [1.82, 2.24) is 0 Å². The van der Waals surface area contributed by atoms with Gasteiger partial charge < -0.3 is 11.1 Å². The van der Waals surface area contributed by atoms with Crippen molar-refractivity contribution in [2.45, 2.75) is 0 Å². The number of nitrogens with one attached hydrogen (secondary N) is 1. The van der Waals surface area contributed by atoms with Crippen molar-refractivity contribution < 1.29 is 4.39 Å². The van der Waals surface area contributed by atoms with E-state index in [1.807, 2.05) is 12.1 Å². The second-order valence-corrected chi connectivity index (χ2v) is 4.37. The van der Waals surface area contributed by atoms with Crippen molar-refractivity contribution in [3.63, 3.8) is 0 Å². The minimum absolute atomic E-state index is 0.0594. The summed E-state index contributed by atoms with van der Waals surface area (Å²) < 4.78 is 13.2. The van der Waals surface area contributed by atoms with Crippen molar-refractivity contribution in [2.75, 3.05) is 11.1 Å². The van der Waals surface area contributed by atoms with Gasteiger partial charge in [-0.15, -0.1) is 0 Å². The molecule has 2 aromatic rings. The first-order valence-electron chi connectivity index (χ1n) is 5.51. The molecule has 0 aliphatic rings. The van der Waals surface area contributed by atoms with E-state index < -0.39 is 5.82 Å². The van der Waals surface area contributed by atoms with Crippen LogP contribution in [0.2, 0.25) is 5.02 Å². The van der Waals surface area contributed by atoms with E-state index in [0.29, 0.717) is 11.4 Å². The first-order chi connectivity index (χ1) is 9.55. The number of nitrogens with zero attached hydrogens (tertiary/aromatic N) is 2. The van der Waals surface area contributed by atoms with E-state index in [9.17, 15) is 4.39 Å². The molecule has 0 saturated carbocycles. The van der Waals surface area contributed by atoms with Gasteiger partial charge in [0.05, 0.1) is 27.5 Å². The third kappa shape index (κ3) is 2.64. The number of nitrogen functional groups attached to an aromatic ring is 1. The average molecular weight is 287 g/mol. The highest BCUT2D eigenvalue weighted by atomic mass is 35.5. The number of halogens is 2. The molecule has 2 aromatic carbocycles. The molecule has 6 heteroatoms. The van der Waals surface area contributed by atoms with Gasteiger partial charge >= 0.3 is 0 Å². The fourth-order valence-corrected chi connectivity index (χ4v) is 1.80. The van der Waals surface area contributed by atoms with Crippen molar-refractivity contribution in [2.24, 2.45) is 0 Å². The lowest BCUT2D eigenvalue weighted by Crippen LogP contribution is -1.98. The van der Waals surface area contributed by atoms with Crippen molar-refractivity contribution in [1.29, 1.82) is 10.5 Å². The van der Waals surface area contributed by atoms with Gasteiger partial charge in [-0.05, 0) is 24.3 Å². The molecule has 0 fully saturated rings. The summed E-state index contributed by atoms with van der Waals surface area (Å²) in [6.45, 7) is 0. The minimum atomic E-state index is -0.604. The molecule has 0 aliphatic heterocycles. The third-order valence-corrected chi connectivity index (χ3v) is 2.92. The predicted octanol–water partition coefficient (Wildman–Crippen LogP) is 3.55. The maximum Gasteiger partial charge on any atom is 0.143 e. The molecular formula is C14H8ClFN4. The predicted molar refractivity (Wildman–Crippen MR) is 75.0 cm³/mol. The van der Waals surface area contributed by atoms with Gasteiger partial charge in [-0.2, -0.15) is 10.5 Å². The molecule has 2 rings (SSSR count). The van der Waals surface area contributed by atoms with Gasteiger partial charge in [-0.1, -0.05) is 11.6 Å². The average Bonchev–Trinajstić information content (AvgIpc) is 2.44. The van der Waals surface area contributed by atoms with E-state index in [0.717, 1.165) is 6.07 Å². The Morgan fingerprint density at radius 2 is 1.80 bits per heavy atom. The highest BCUT2D eigenvalue weighted by molar-refractivity contribution is 6.31. The SMILES string of the molecule is N#Cc1ccc(Nc2cc(Cl)c(F)cc2N)cc1C#N. The first kappa shape index (κ1) is 13.7. The molecule has 0 spiro atoms. The van der Waals surface area contributed by atoms with E-state index in [1.54, 1.807) is 6.07 Å². The molecule has 0 amide bonds. The van der Waals surface area contributed by atoms with Crippen LogP contribution in [0.25, 0.3) is 0 Å². The molecule has 0 aromatic heterocycles. The number of hydrogen-bond donors (Lipinski definition) is 2. The number of nitriles is 2. The summed E-state index contributed by atoms with van der Waals surface area (Å²) in [4.78, 5) is 0. The Morgan fingerprint density at radius 1 is 1.10 bits per heavy atom. The molecule has 98 valence electrons. The first-order valence-corrected chi connectivity index (χ1v) is 5.88. The molecular weight excluding hydrogens is 279 g/mol. The maximum atomic E-state index is 13.2. The molecule has 0 heterocycles. The zero-order valence-electron chi connectivity index (χ0n) is 10.1. The molecule has 0 radical (unpaired) electrons. The van der Waals surface area contributed by atoms with Gasteiger partial charge in [0.15, 0.2) is 0 Å².